The summed E-state index contributed by atoms with van der Waals surface area (Å²) in [6.07, 6.45) is 0. The first kappa shape index (κ1) is 31.7. The van der Waals surface area contributed by atoms with E-state index in [4.69, 9.17) is 15.3 Å². The Morgan fingerprint density at radius 2 is 0.824 bits per heavy atom. The molecule has 0 saturated heterocycles. The molecule has 82 valence electrons. The van der Waals surface area contributed by atoms with Gasteiger partial charge in [0.2, 0.25) is 0 Å². The summed E-state index contributed by atoms with van der Waals surface area (Å²) < 4.78 is 0. The Morgan fingerprint density at radius 3 is 0.941 bits per heavy atom. The topological polar surface area (TPSA) is 115 Å². The number of carbonyl (C=O) groups is 3. The van der Waals surface area contributed by atoms with Gasteiger partial charge in [0.25, 0.3) is 0 Å². The number of carboxylic acids is 3. The third-order valence-corrected chi connectivity index (χ3v) is 1.08. The number of aliphatic carboxylic acids is 3. The molecule has 0 spiro atoms. The van der Waals surface area contributed by atoms with E-state index in [2.05, 4.69) is 0 Å². The molecule has 0 aromatic rings. The van der Waals surface area contributed by atoms with Crippen molar-refractivity contribution in [3.63, 3.8) is 0 Å². The van der Waals surface area contributed by atoms with Crippen LogP contribution in [0.25, 0.3) is 0 Å². The Balaban J connectivity index is -0.000000120. The molecule has 3 N–H and O–H groups in total. The standard InChI is InChI=1S/C6H9NO6.4Na.4H/c8-4(9)1-7(2-5(10)11)3-6(12)13;;;;;;;;/h1-3H2,(H,8,9)(H,10,11)(H,12,13);;;;;;;;. The zero-order chi connectivity index (χ0) is 10.4. The molecule has 0 aromatic carbocycles. The van der Waals surface area contributed by atoms with Crippen molar-refractivity contribution in [2.45, 2.75) is 0 Å². The third kappa shape index (κ3) is 23.8. The third-order valence-electron chi connectivity index (χ3n) is 1.08. The predicted molar refractivity (Wildman–Crippen MR) is 67.9 cm³/mol. The number of rotatable bonds is 6. The van der Waals surface area contributed by atoms with Gasteiger partial charge < -0.3 is 15.3 Å². The van der Waals surface area contributed by atoms with Crippen LogP contribution in [0.2, 0.25) is 0 Å². The summed E-state index contributed by atoms with van der Waals surface area (Å²) in [6.45, 7) is -1.80. The van der Waals surface area contributed by atoms with Crippen molar-refractivity contribution in [2.24, 2.45) is 0 Å². The molecule has 0 fully saturated rings. The van der Waals surface area contributed by atoms with Crippen LogP contribution in [0, 0.1) is 0 Å². The molecule has 11 heteroatoms. The molecule has 0 amide bonds. The zero-order valence-electron chi connectivity index (χ0n) is 6.63. The van der Waals surface area contributed by atoms with E-state index in [1.54, 1.807) is 0 Å². The maximum atomic E-state index is 10.1. The second-order valence-electron chi connectivity index (χ2n) is 2.33. The molecule has 0 atom stereocenters. The summed E-state index contributed by atoms with van der Waals surface area (Å²) in [5, 5.41) is 24.8. The second kappa shape index (κ2) is 18.4. The van der Waals surface area contributed by atoms with E-state index in [9.17, 15) is 14.4 Å². The number of carboxylic acid groups (broad SMARTS) is 3. The summed E-state index contributed by atoms with van der Waals surface area (Å²) in [6, 6.07) is 0. The van der Waals surface area contributed by atoms with Gasteiger partial charge in [-0.3, -0.25) is 19.3 Å². The molecule has 7 nitrogen and oxygen atoms in total. The molecule has 0 aliphatic heterocycles. The minimum atomic E-state index is -1.26. The van der Waals surface area contributed by atoms with Crippen molar-refractivity contribution in [3.8, 4) is 0 Å². The van der Waals surface area contributed by atoms with Crippen LogP contribution in [0.5, 0.6) is 0 Å². The van der Waals surface area contributed by atoms with Crippen molar-refractivity contribution in [1.29, 1.82) is 0 Å². The Hall–Kier alpha value is 2.37. The summed E-state index contributed by atoms with van der Waals surface area (Å²) in [5.74, 6) is -3.78. The van der Waals surface area contributed by atoms with Crippen LogP contribution >= 0.6 is 0 Å². The van der Waals surface area contributed by atoms with E-state index in [1.807, 2.05) is 0 Å². The van der Waals surface area contributed by atoms with Crippen LogP contribution < -0.4 is 0 Å². The summed E-state index contributed by atoms with van der Waals surface area (Å²) in [7, 11) is 0. The molecule has 0 saturated carbocycles. The Morgan fingerprint density at radius 1 is 0.647 bits per heavy atom. The van der Waals surface area contributed by atoms with E-state index >= 15 is 0 Å². The Bertz CT molecular complexity index is 201. The normalized spacial score (nSPS) is 7.59. The average Bonchev–Trinajstić information content (AvgIpc) is 1.80. The summed E-state index contributed by atoms with van der Waals surface area (Å²) in [4.78, 5) is 31.2. The van der Waals surface area contributed by atoms with Gasteiger partial charge in [-0.1, -0.05) is 0 Å². The van der Waals surface area contributed by atoms with Crippen LogP contribution in [0.3, 0.4) is 0 Å². The van der Waals surface area contributed by atoms with Gasteiger partial charge in [-0.05, 0) is 0 Å². The van der Waals surface area contributed by atoms with Crippen molar-refractivity contribution in [2.75, 3.05) is 19.6 Å². The van der Waals surface area contributed by atoms with Gasteiger partial charge in [0.05, 0.1) is 19.6 Å². The first-order valence-corrected chi connectivity index (χ1v) is 3.29. The fraction of sp³-hybridized carbons (Fsp3) is 0.500. The predicted octanol–water partition coefficient (Wildman–Crippen LogP) is -4.05. The Kier molecular flexibility index (Phi) is 34.2. The van der Waals surface area contributed by atoms with Crippen LogP contribution in [-0.4, -0.2) is 176 Å². The molecule has 0 rings (SSSR count). The van der Waals surface area contributed by atoms with Crippen molar-refractivity contribution in [3.05, 3.63) is 0 Å². The molecular weight excluding hydrogens is 274 g/mol. The zero-order valence-corrected chi connectivity index (χ0v) is 6.63. The van der Waals surface area contributed by atoms with E-state index in [1.165, 1.54) is 0 Å². The second-order valence-corrected chi connectivity index (χ2v) is 2.33. The SMILES string of the molecule is O=C(O)CN(CC(=O)O)CC(=O)O.[NaH].[NaH].[NaH].[NaH]. The molecule has 0 aromatic heterocycles. The molecule has 0 radical (unpaired) electrons. The van der Waals surface area contributed by atoms with Gasteiger partial charge >= 0.3 is 136 Å². The minimum absolute atomic E-state index is 0. The van der Waals surface area contributed by atoms with E-state index < -0.39 is 37.5 Å². The fourth-order valence-electron chi connectivity index (χ4n) is 0.742. The fourth-order valence-corrected chi connectivity index (χ4v) is 0.742. The van der Waals surface area contributed by atoms with Crippen molar-refractivity contribution >= 4 is 136 Å². The number of nitrogens with zero attached hydrogens (tertiary/aromatic N) is 1. The number of hydrogen-bond donors (Lipinski definition) is 3. The molecule has 0 heterocycles. The molecule has 0 aliphatic carbocycles. The van der Waals surface area contributed by atoms with Crippen LogP contribution in [0.4, 0.5) is 0 Å². The van der Waals surface area contributed by atoms with E-state index in [0.717, 1.165) is 4.90 Å². The van der Waals surface area contributed by atoms with Crippen molar-refractivity contribution in [1.82, 2.24) is 4.90 Å². The van der Waals surface area contributed by atoms with Crippen molar-refractivity contribution < 1.29 is 29.7 Å². The van der Waals surface area contributed by atoms with Gasteiger partial charge in [-0.25, -0.2) is 0 Å². The van der Waals surface area contributed by atoms with Gasteiger partial charge in [0.1, 0.15) is 0 Å². The quantitative estimate of drug-likeness (QED) is 0.426. The number of hydrogen-bond acceptors (Lipinski definition) is 4. The van der Waals surface area contributed by atoms with Crippen LogP contribution in [-0.2, 0) is 14.4 Å². The average molecular weight is 287 g/mol. The maximum absolute atomic E-state index is 10.1. The van der Waals surface area contributed by atoms with Gasteiger partial charge in [0.15, 0.2) is 0 Å². The van der Waals surface area contributed by atoms with Gasteiger partial charge in [0, 0.05) is 0 Å². The van der Waals surface area contributed by atoms with Crippen LogP contribution in [0.15, 0.2) is 0 Å². The summed E-state index contributed by atoms with van der Waals surface area (Å²) in [5.41, 5.74) is 0. The van der Waals surface area contributed by atoms with Crippen LogP contribution in [0.1, 0.15) is 0 Å². The molecule has 0 bridgehead atoms. The summed E-state index contributed by atoms with van der Waals surface area (Å²) >= 11 is 0. The molecular formula is C6H13NNa4O6. The Labute approximate surface area is 187 Å². The first-order valence-electron chi connectivity index (χ1n) is 3.29. The molecule has 0 unspecified atom stereocenters. The first-order chi connectivity index (χ1) is 5.91. The van der Waals surface area contributed by atoms with Gasteiger partial charge in [-0.2, -0.15) is 0 Å². The molecule has 0 aliphatic rings. The van der Waals surface area contributed by atoms with E-state index in [0.29, 0.717) is 0 Å². The van der Waals surface area contributed by atoms with E-state index in [-0.39, 0.29) is 118 Å². The molecule has 17 heavy (non-hydrogen) atoms. The monoisotopic (exact) mass is 287 g/mol. The van der Waals surface area contributed by atoms with Gasteiger partial charge in [-0.15, -0.1) is 0 Å².